The van der Waals surface area contributed by atoms with Crippen molar-refractivity contribution < 1.29 is 19.5 Å². The standard InChI is InChI=1S/C10H13N3O4/c1-13(6-8-3-2-4-11-5-8)10(16)12-17-7-9(14)15/h2-5H,6-7H2,1H3,(H,12,16)(H,14,15). The average molecular weight is 239 g/mol. The van der Waals surface area contributed by atoms with Gasteiger partial charge in [0.25, 0.3) is 0 Å². The van der Waals surface area contributed by atoms with E-state index in [2.05, 4.69) is 9.82 Å². The number of hydroxylamine groups is 1. The molecule has 2 amide bonds. The van der Waals surface area contributed by atoms with Crippen molar-refractivity contribution in [1.29, 1.82) is 0 Å². The van der Waals surface area contributed by atoms with Gasteiger partial charge in [0.05, 0.1) is 0 Å². The average Bonchev–Trinajstić information content (AvgIpc) is 2.29. The topological polar surface area (TPSA) is 91.8 Å². The first-order valence-corrected chi connectivity index (χ1v) is 4.83. The third kappa shape index (κ3) is 4.94. The Morgan fingerprint density at radius 3 is 2.94 bits per heavy atom. The van der Waals surface area contributed by atoms with Gasteiger partial charge < -0.3 is 10.0 Å². The third-order valence-electron chi connectivity index (χ3n) is 1.84. The van der Waals surface area contributed by atoms with Gasteiger partial charge in [-0.1, -0.05) is 6.07 Å². The Labute approximate surface area is 98.0 Å². The highest BCUT2D eigenvalue weighted by atomic mass is 16.7. The summed E-state index contributed by atoms with van der Waals surface area (Å²) in [7, 11) is 1.56. The summed E-state index contributed by atoms with van der Waals surface area (Å²) in [5.74, 6) is -1.15. The van der Waals surface area contributed by atoms with Gasteiger partial charge in [-0.25, -0.2) is 15.1 Å². The second-order valence-electron chi connectivity index (χ2n) is 3.31. The van der Waals surface area contributed by atoms with Crippen molar-refractivity contribution in [2.24, 2.45) is 0 Å². The van der Waals surface area contributed by atoms with E-state index >= 15 is 0 Å². The van der Waals surface area contributed by atoms with E-state index in [1.54, 1.807) is 25.5 Å². The highest BCUT2D eigenvalue weighted by molar-refractivity contribution is 5.73. The van der Waals surface area contributed by atoms with Crippen LogP contribution >= 0.6 is 0 Å². The number of urea groups is 1. The Kier molecular flexibility index (Phi) is 4.89. The third-order valence-corrected chi connectivity index (χ3v) is 1.84. The van der Waals surface area contributed by atoms with E-state index in [9.17, 15) is 9.59 Å². The van der Waals surface area contributed by atoms with Crippen molar-refractivity contribution in [2.45, 2.75) is 6.54 Å². The maximum Gasteiger partial charge on any atom is 0.341 e. The van der Waals surface area contributed by atoms with E-state index in [1.807, 2.05) is 11.5 Å². The van der Waals surface area contributed by atoms with Crippen molar-refractivity contribution >= 4 is 12.0 Å². The number of hydrogen-bond donors (Lipinski definition) is 2. The molecule has 0 aliphatic carbocycles. The number of hydrogen-bond acceptors (Lipinski definition) is 4. The number of carboxylic acid groups (broad SMARTS) is 1. The van der Waals surface area contributed by atoms with Crippen molar-refractivity contribution in [1.82, 2.24) is 15.4 Å². The van der Waals surface area contributed by atoms with E-state index in [1.165, 1.54) is 4.90 Å². The zero-order valence-corrected chi connectivity index (χ0v) is 9.29. The van der Waals surface area contributed by atoms with Crippen LogP contribution in [-0.4, -0.2) is 40.6 Å². The lowest BCUT2D eigenvalue weighted by atomic mass is 10.3. The molecule has 0 aliphatic heterocycles. The van der Waals surface area contributed by atoms with E-state index in [0.717, 1.165) is 5.56 Å². The molecule has 0 saturated carbocycles. The predicted octanol–water partition coefficient (Wildman–Crippen LogP) is 0.239. The van der Waals surface area contributed by atoms with Crippen molar-refractivity contribution in [3.63, 3.8) is 0 Å². The summed E-state index contributed by atoms with van der Waals surface area (Å²) < 4.78 is 0. The van der Waals surface area contributed by atoms with Crippen LogP contribution in [0.25, 0.3) is 0 Å². The lowest BCUT2D eigenvalue weighted by Crippen LogP contribution is -2.37. The van der Waals surface area contributed by atoms with E-state index in [0.29, 0.717) is 6.54 Å². The van der Waals surface area contributed by atoms with Gasteiger partial charge >= 0.3 is 12.0 Å². The molecule has 0 spiro atoms. The minimum atomic E-state index is -1.15. The molecule has 0 bridgehead atoms. The summed E-state index contributed by atoms with van der Waals surface area (Å²) >= 11 is 0. The Morgan fingerprint density at radius 1 is 1.59 bits per heavy atom. The summed E-state index contributed by atoms with van der Waals surface area (Å²) in [6.45, 7) is -0.220. The molecule has 17 heavy (non-hydrogen) atoms. The maximum atomic E-state index is 11.4. The summed E-state index contributed by atoms with van der Waals surface area (Å²) in [5.41, 5.74) is 2.88. The molecule has 2 N–H and O–H groups in total. The van der Waals surface area contributed by atoms with Crippen molar-refractivity contribution in [3.8, 4) is 0 Å². The second-order valence-corrected chi connectivity index (χ2v) is 3.31. The number of carbonyl (C=O) groups excluding carboxylic acids is 1. The predicted molar refractivity (Wildman–Crippen MR) is 57.8 cm³/mol. The van der Waals surface area contributed by atoms with Crippen molar-refractivity contribution in [3.05, 3.63) is 30.1 Å². The van der Waals surface area contributed by atoms with Gasteiger partial charge in [-0.2, -0.15) is 0 Å². The minimum Gasteiger partial charge on any atom is -0.479 e. The highest BCUT2D eigenvalue weighted by Crippen LogP contribution is 2.00. The van der Waals surface area contributed by atoms with E-state index < -0.39 is 18.6 Å². The molecular formula is C10H13N3O4. The highest BCUT2D eigenvalue weighted by Gasteiger charge is 2.09. The molecule has 0 saturated heterocycles. The Bertz CT molecular complexity index is 382. The van der Waals surface area contributed by atoms with Crippen LogP contribution in [0.3, 0.4) is 0 Å². The van der Waals surface area contributed by atoms with Crippen LogP contribution in [0.2, 0.25) is 0 Å². The molecular weight excluding hydrogens is 226 g/mol. The summed E-state index contributed by atoms with van der Waals surface area (Å²) in [5, 5.41) is 8.30. The van der Waals surface area contributed by atoms with Gasteiger partial charge in [-0.05, 0) is 11.6 Å². The van der Waals surface area contributed by atoms with Crippen LogP contribution in [0, 0.1) is 0 Å². The molecule has 1 heterocycles. The lowest BCUT2D eigenvalue weighted by molar-refractivity contribution is -0.144. The monoisotopic (exact) mass is 239 g/mol. The molecule has 0 aliphatic rings. The van der Waals surface area contributed by atoms with Crippen LogP contribution in [0.15, 0.2) is 24.5 Å². The lowest BCUT2D eigenvalue weighted by Gasteiger charge is -2.16. The minimum absolute atomic E-state index is 0.357. The molecule has 7 heteroatoms. The summed E-state index contributed by atoms with van der Waals surface area (Å²) in [6, 6.07) is 3.08. The summed E-state index contributed by atoms with van der Waals surface area (Å²) in [6.07, 6.45) is 3.28. The van der Waals surface area contributed by atoms with Gasteiger partial charge in [0.1, 0.15) is 0 Å². The van der Waals surface area contributed by atoms with Crippen LogP contribution < -0.4 is 5.48 Å². The SMILES string of the molecule is CN(Cc1cccnc1)C(=O)NOCC(=O)O. The van der Waals surface area contributed by atoms with Crippen LogP contribution in [-0.2, 0) is 16.2 Å². The first-order chi connectivity index (χ1) is 8.09. The zero-order chi connectivity index (χ0) is 12.7. The maximum absolute atomic E-state index is 11.4. The van der Waals surface area contributed by atoms with Crippen LogP contribution in [0.5, 0.6) is 0 Å². The molecule has 0 radical (unpaired) electrons. The number of aliphatic carboxylic acids is 1. The van der Waals surface area contributed by atoms with Gasteiger partial charge in [-0.3, -0.25) is 9.82 Å². The van der Waals surface area contributed by atoms with Gasteiger partial charge in [0, 0.05) is 26.0 Å². The number of rotatable bonds is 5. The quantitative estimate of drug-likeness (QED) is 0.718. The number of aromatic nitrogens is 1. The Hall–Kier alpha value is -2.15. The smallest absolute Gasteiger partial charge is 0.341 e. The zero-order valence-electron chi connectivity index (χ0n) is 9.29. The van der Waals surface area contributed by atoms with Crippen LogP contribution in [0.1, 0.15) is 5.56 Å². The molecule has 0 unspecified atom stereocenters. The number of carboxylic acids is 1. The van der Waals surface area contributed by atoms with Gasteiger partial charge in [0.2, 0.25) is 0 Å². The van der Waals surface area contributed by atoms with Crippen LogP contribution in [0.4, 0.5) is 4.79 Å². The number of pyridine rings is 1. The molecule has 1 aromatic rings. The Balaban J connectivity index is 2.34. The fraction of sp³-hybridized carbons (Fsp3) is 0.300. The first kappa shape index (κ1) is 12.9. The molecule has 7 nitrogen and oxygen atoms in total. The molecule has 1 rings (SSSR count). The normalized spacial score (nSPS) is 9.71. The molecule has 0 aromatic carbocycles. The fourth-order valence-corrected chi connectivity index (χ4v) is 1.07. The fourth-order valence-electron chi connectivity index (χ4n) is 1.07. The van der Waals surface area contributed by atoms with E-state index in [4.69, 9.17) is 5.11 Å². The number of nitrogens with one attached hydrogen (secondary N) is 1. The van der Waals surface area contributed by atoms with Gasteiger partial charge in [-0.15, -0.1) is 0 Å². The second kappa shape index (κ2) is 6.44. The number of amides is 2. The van der Waals surface area contributed by atoms with E-state index in [-0.39, 0.29) is 0 Å². The largest absolute Gasteiger partial charge is 0.479 e. The Morgan fingerprint density at radius 2 is 2.35 bits per heavy atom. The summed E-state index contributed by atoms with van der Waals surface area (Å²) in [4.78, 5) is 31.3. The van der Waals surface area contributed by atoms with Gasteiger partial charge in [0.15, 0.2) is 6.61 Å². The number of carbonyl (C=O) groups is 2. The number of nitrogens with zero attached hydrogens (tertiary/aromatic N) is 2. The molecule has 92 valence electrons. The molecule has 0 atom stereocenters. The molecule has 1 aromatic heterocycles. The van der Waals surface area contributed by atoms with Crippen molar-refractivity contribution in [2.75, 3.05) is 13.7 Å². The first-order valence-electron chi connectivity index (χ1n) is 4.83. The molecule has 0 fully saturated rings.